The zero-order valence-corrected chi connectivity index (χ0v) is 21.1. The van der Waals surface area contributed by atoms with E-state index in [1.54, 1.807) is 15.0 Å². The third kappa shape index (κ3) is 3.77. The number of benzene rings is 1. The minimum absolute atomic E-state index is 0.0926. The summed E-state index contributed by atoms with van der Waals surface area (Å²) in [4.78, 5) is 9.41. The van der Waals surface area contributed by atoms with E-state index in [0.29, 0.717) is 37.5 Å². The van der Waals surface area contributed by atoms with Crippen LogP contribution in [0.25, 0.3) is 27.7 Å². The number of ether oxygens (including phenoxy) is 1. The summed E-state index contributed by atoms with van der Waals surface area (Å²) in [6, 6.07) is 10.1. The molecule has 4 aromatic rings. The third-order valence-corrected chi connectivity index (χ3v) is 9.97. The Labute approximate surface area is 206 Å². The SMILES string of the molecule is Cc1c(Br)c(OC2CCN(S(=O)(=O)C3CC3)CC2)nc2c(-c3cnc4ccccc4c3)cnn12. The monoisotopic (exact) mass is 541 g/mol. The fourth-order valence-corrected chi connectivity index (χ4v) is 6.75. The van der Waals surface area contributed by atoms with Gasteiger partial charge in [-0.1, -0.05) is 18.2 Å². The fraction of sp³-hybridized carbons (Fsp3) is 0.375. The number of fused-ring (bicyclic) bond motifs is 2. The second kappa shape index (κ2) is 8.28. The van der Waals surface area contributed by atoms with Crippen LogP contribution in [0.5, 0.6) is 5.88 Å². The van der Waals surface area contributed by atoms with E-state index >= 15 is 0 Å². The molecule has 3 aromatic heterocycles. The zero-order valence-electron chi connectivity index (χ0n) is 18.7. The lowest BCUT2D eigenvalue weighted by molar-refractivity contribution is 0.129. The van der Waals surface area contributed by atoms with Crippen LogP contribution in [0.4, 0.5) is 0 Å². The smallest absolute Gasteiger partial charge is 0.232 e. The molecule has 2 aliphatic rings. The van der Waals surface area contributed by atoms with Gasteiger partial charge in [0.05, 0.1) is 22.7 Å². The van der Waals surface area contributed by atoms with E-state index in [1.165, 1.54) is 0 Å². The molecule has 1 saturated carbocycles. The van der Waals surface area contributed by atoms with Gasteiger partial charge < -0.3 is 4.74 Å². The van der Waals surface area contributed by atoms with Crippen molar-refractivity contribution in [2.24, 2.45) is 0 Å². The lowest BCUT2D eigenvalue weighted by Crippen LogP contribution is -2.43. The van der Waals surface area contributed by atoms with Gasteiger partial charge in [0, 0.05) is 35.8 Å². The Morgan fingerprint density at radius 1 is 1.09 bits per heavy atom. The summed E-state index contributed by atoms with van der Waals surface area (Å²) < 4.78 is 35.5. The van der Waals surface area contributed by atoms with Crippen LogP contribution in [-0.4, -0.2) is 56.7 Å². The van der Waals surface area contributed by atoms with Crippen molar-refractivity contribution in [1.82, 2.24) is 23.9 Å². The normalized spacial score (nSPS) is 18.1. The molecule has 0 bridgehead atoms. The van der Waals surface area contributed by atoms with Gasteiger partial charge in [-0.25, -0.2) is 17.2 Å². The van der Waals surface area contributed by atoms with E-state index in [1.807, 2.05) is 37.4 Å². The Hall–Kier alpha value is -2.56. The van der Waals surface area contributed by atoms with Crippen LogP contribution in [-0.2, 0) is 10.0 Å². The van der Waals surface area contributed by atoms with Crippen molar-refractivity contribution < 1.29 is 13.2 Å². The number of aromatic nitrogens is 4. The molecule has 10 heteroatoms. The molecule has 176 valence electrons. The number of halogens is 1. The molecular formula is C24H24BrN5O3S. The molecule has 0 spiro atoms. The first-order valence-corrected chi connectivity index (χ1v) is 13.8. The van der Waals surface area contributed by atoms with Crippen LogP contribution in [0.3, 0.4) is 0 Å². The first-order valence-electron chi connectivity index (χ1n) is 11.5. The highest BCUT2D eigenvalue weighted by Gasteiger charge is 2.41. The molecule has 0 unspecified atom stereocenters. The van der Waals surface area contributed by atoms with Crippen molar-refractivity contribution in [3.05, 3.63) is 52.9 Å². The number of sulfonamides is 1. The Bertz CT molecular complexity index is 1510. The van der Waals surface area contributed by atoms with Gasteiger partial charge >= 0.3 is 0 Å². The third-order valence-electron chi connectivity index (χ3n) is 6.66. The highest BCUT2D eigenvalue weighted by atomic mass is 79.9. The lowest BCUT2D eigenvalue weighted by atomic mass is 10.1. The summed E-state index contributed by atoms with van der Waals surface area (Å²) in [7, 11) is -3.14. The number of hydrogen-bond donors (Lipinski definition) is 0. The predicted octanol–water partition coefficient (Wildman–Crippen LogP) is 4.35. The molecule has 1 aromatic carbocycles. The molecule has 2 fully saturated rings. The van der Waals surface area contributed by atoms with Gasteiger partial charge in [-0.3, -0.25) is 4.98 Å². The van der Waals surface area contributed by atoms with Crippen LogP contribution in [0.15, 0.2) is 47.2 Å². The van der Waals surface area contributed by atoms with Gasteiger partial charge in [-0.05, 0) is 60.7 Å². The maximum Gasteiger partial charge on any atom is 0.232 e. The van der Waals surface area contributed by atoms with Crippen LogP contribution in [0.1, 0.15) is 31.4 Å². The molecule has 8 nitrogen and oxygen atoms in total. The van der Waals surface area contributed by atoms with Gasteiger partial charge in [0.1, 0.15) is 10.6 Å². The van der Waals surface area contributed by atoms with Gasteiger partial charge in [-0.15, -0.1) is 0 Å². The van der Waals surface area contributed by atoms with Gasteiger partial charge in [-0.2, -0.15) is 10.1 Å². The molecule has 0 radical (unpaired) electrons. The van der Waals surface area contributed by atoms with Gasteiger partial charge in [0.2, 0.25) is 15.9 Å². The van der Waals surface area contributed by atoms with E-state index in [-0.39, 0.29) is 11.4 Å². The summed E-state index contributed by atoms with van der Waals surface area (Å²) in [5.41, 5.74) is 4.33. The molecular weight excluding hydrogens is 518 g/mol. The maximum absolute atomic E-state index is 12.5. The Balaban J connectivity index is 1.29. The second-order valence-corrected chi connectivity index (χ2v) is 12.0. The molecule has 1 aliphatic carbocycles. The summed E-state index contributed by atoms with van der Waals surface area (Å²) in [6.07, 6.45) is 6.42. The number of piperidine rings is 1. The average Bonchev–Trinajstić information content (AvgIpc) is 3.63. The van der Waals surface area contributed by atoms with Gasteiger partial charge in [0.25, 0.3) is 0 Å². The Kier molecular flexibility index (Phi) is 5.34. The first kappa shape index (κ1) is 21.9. The number of aryl methyl sites for hydroxylation is 1. The van der Waals surface area contributed by atoms with E-state index < -0.39 is 10.0 Å². The van der Waals surface area contributed by atoms with E-state index in [0.717, 1.165) is 45.0 Å². The molecule has 4 heterocycles. The number of hydrogen-bond acceptors (Lipinski definition) is 6. The number of nitrogens with zero attached hydrogens (tertiary/aromatic N) is 5. The minimum Gasteiger partial charge on any atom is -0.473 e. The predicted molar refractivity (Wildman–Crippen MR) is 133 cm³/mol. The van der Waals surface area contributed by atoms with Crippen molar-refractivity contribution in [2.75, 3.05) is 13.1 Å². The number of rotatable bonds is 5. The zero-order chi connectivity index (χ0) is 23.4. The average molecular weight is 542 g/mol. The van der Waals surface area contributed by atoms with Crippen LogP contribution < -0.4 is 4.74 Å². The topological polar surface area (TPSA) is 89.7 Å². The van der Waals surface area contributed by atoms with Gasteiger partial charge in [0.15, 0.2) is 5.65 Å². The highest BCUT2D eigenvalue weighted by Crippen LogP contribution is 2.35. The molecule has 1 saturated heterocycles. The highest BCUT2D eigenvalue weighted by molar-refractivity contribution is 9.10. The second-order valence-electron chi connectivity index (χ2n) is 8.99. The standard InChI is InChI=1S/C24H24BrN5O3S/c1-15-22(25)24(33-18-8-10-29(11-9-18)34(31,32)19-6-7-19)28-23-20(14-27-30(15)23)17-12-16-4-2-3-5-21(16)26-13-17/h2-5,12-14,18-19H,6-11H2,1H3. The summed E-state index contributed by atoms with van der Waals surface area (Å²) in [6.45, 7) is 2.94. The summed E-state index contributed by atoms with van der Waals surface area (Å²) in [5.74, 6) is 0.504. The van der Waals surface area contributed by atoms with E-state index in [9.17, 15) is 8.42 Å². The number of pyridine rings is 1. The van der Waals surface area contributed by atoms with Crippen molar-refractivity contribution in [3.63, 3.8) is 0 Å². The van der Waals surface area contributed by atoms with Crippen molar-refractivity contribution in [2.45, 2.75) is 44.0 Å². The van der Waals surface area contributed by atoms with Crippen LogP contribution >= 0.6 is 15.9 Å². The molecule has 0 N–H and O–H groups in total. The fourth-order valence-electron chi connectivity index (χ4n) is 4.53. The first-order chi connectivity index (χ1) is 16.4. The van der Waals surface area contributed by atoms with Crippen LogP contribution in [0, 0.1) is 6.92 Å². The lowest BCUT2D eigenvalue weighted by Gasteiger charge is -2.31. The Morgan fingerprint density at radius 2 is 1.85 bits per heavy atom. The van der Waals surface area contributed by atoms with Crippen molar-refractivity contribution in [1.29, 1.82) is 0 Å². The maximum atomic E-state index is 12.5. The molecule has 0 amide bonds. The quantitative estimate of drug-likeness (QED) is 0.373. The molecule has 34 heavy (non-hydrogen) atoms. The minimum atomic E-state index is -3.14. The molecule has 0 atom stereocenters. The van der Waals surface area contributed by atoms with Crippen molar-refractivity contribution in [3.8, 4) is 17.0 Å². The summed E-state index contributed by atoms with van der Waals surface area (Å²) >= 11 is 3.63. The summed E-state index contributed by atoms with van der Waals surface area (Å²) in [5, 5.41) is 5.43. The number of para-hydroxylation sites is 1. The van der Waals surface area contributed by atoms with Crippen molar-refractivity contribution >= 4 is 42.5 Å². The van der Waals surface area contributed by atoms with E-state index in [2.05, 4.69) is 32.1 Å². The molecule has 1 aliphatic heterocycles. The molecule has 6 rings (SSSR count). The Morgan fingerprint density at radius 3 is 2.62 bits per heavy atom. The van der Waals surface area contributed by atoms with E-state index in [4.69, 9.17) is 9.72 Å². The van der Waals surface area contributed by atoms with Crippen LogP contribution in [0.2, 0.25) is 0 Å². The largest absolute Gasteiger partial charge is 0.473 e.